The Morgan fingerprint density at radius 3 is 2.39 bits per heavy atom. The molecule has 3 aromatic rings. The molecule has 38 heavy (non-hydrogen) atoms. The van der Waals surface area contributed by atoms with Crippen molar-refractivity contribution in [1.29, 1.82) is 5.26 Å². The number of nitriles is 1. The van der Waals surface area contributed by atoms with Gasteiger partial charge in [0.05, 0.1) is 33.6 Å². The maximum absolute atomic E-state index is 13.8. The molecule has 0 aliphatic carbocycles. The highest BCUT2D eigenvalue weighted by molar-refractivity contribution is 7.91. The Morgan fingerprint density at radius 2 is 1.74 bits per heavy atom. The van der Waals surface area contributed by atoms with E-state index in [1.807, 2.05) is 6.07 Å². The van der Waals surface area contributed by atoms with Gasteiger partial charge < -0.3 is 4.42 Å². The molecule has 190 valence electrons. The third-order valence-electron chi connectivity index (χ3n) is 6.43. The molecule has 1 saturated heterocycles. The number of sulfone groups is 1. The summed E-state index contributed by atoms with van der Waals surface area (Å²) in [5, 5.41) is 21.4. The summed E-state index contributed by atoms with van der Waals surface area (Å²) in [7, 11) is -3.43. The molecule has 2 aliphatic heterocycles. The van der Waals surface area contributed by atoms with Crippen LogP contribution >= 0.6 is 0 Å². The number of imide groups is 1. The number of furan rings is 1. The third-order valence-corrected chi connectivity index (χ3v) is 8.18. The van der Waals surface area contributed by atoms with Crippen molar-refractivity contribution in [2.45, 2.75) is 12.5 Å². The maximum Gasteiger partial charge on any atom is 0.280 e. The molecule has 0 radical (unpaired) electrons. The number of benzene rings is 2. The van der Waals surface area contributed by atoms with Crippen LogP contribution in [0, 0.1) is 21.4 Å². The Bertz CT molecular complexity index is 1700. The van der Waals surface area contributed by atoms with Crippen LogP contribution in [-0.2, 0) is 19.4 Å². The molecule has 0 bridgehead atoms. The van der Waals surface area contributed by atoms with Crippen molar-refractivity contribution >= 4 is 39.0 Å². The molecule has 5 rings (SSSR count). The molecule has 2 aromatic carbocycles. The molecule has 10 nitrogen and oxygen atoms in total. The second-order valence-corrected chi connectivity index (χ2v) is 11.0. The monoisotopic (exact) mass is 529 g/mol. The number of carbonyl (C=O) groups excluding carboxylic acids is 2. The number of carbonyl (C=O) groups is 2. The highest BCUT2D eigenvalue weighted by atomic mass is 32.2. The number of para-hydroxylation sites is 1. The van der Waals surface area contributed by atoms with Gasteiger partial charge in [0.15, 0.2) is 9.84 Å². The number of nitro benzene ring substituents is 1. The van der Waals surface area contributed by atoms with E-state index in [1.54, 1.807) is 36.4 Å². The number of hydrogen-bond acceptors (Lipinski definition) is 8. The van der Waals surface area contributed by atoms with Gasteiger partial charge >= 0.3 is 0 Å². The minimum Gasteiger partial charge on any atom is -0.456 e. The van der Waals surface area contributed by atoms with Crippen LogP contribution in [-0.4, -0.2) is 47.6 Å². The third kappa shape index (κ3) is 4.42. The van der Waals surface area contributed by atoms with Crippen LogP contribution in [0.2, 0.25) is 0 Å². The fourth-order valence-corrected chi connectivity index (χ4v) is 6.40. The average molecular weight is 530 g/mol. The predicted molar refractivity (Wildman–Crippen MR) is 137 cm³/mol. The predicted octanol–water partition coefficient (Wildman–Crippen LogP) is 3.77. The molecule has 0 spiro atoms. The molecule has 0 N–H and O–H groups in total. The summed E-state index contributed by atoms with van der Waals surface area (Å²) in [6.45, 7) is 0. The first kappa shape index (κ1) is 24.9. The normalized spacial score (nSPS) is 20.1. The van der Waals surface area contributed by atoms with Gasteiger partial charge in [-0.25, -0.2) is 8.42 Å². The van der Waals surface area contributed by atoms with Crippen molar-refractivity contribution < 1.29 is 27.3 Å². The van der Waals surface area contributed by atoms with Crippen LogP contribution in [0.4, 0.5) is 5.69 Å². The van der Waals surface area contributed by atoms with Crippen molar-refractivity contribution in [2.24, 2.45) is 0 Å². The quantitative estimate of drug-likeness (QED) is 0.210. The molecule has 2 aliphatic rings. The highest BCUT2D eigenvalue weighted by Crippen LogP contribution is 2.38. The lowest BCUT2D eigenvalue weighted by atomic mass is 9.87. The van der Waals surface area contributed by atoms with Crippen LogP contribution in [0.1, 0.15) is 17.7 Å². The van der Waals surface area contributed by atoms with E-state index in [9.17, 15) is 33.4 Å². The first-order valence-electron chi connectivity index (χ1n) is 11.5. The number of hydrogen-bond donors (Lipinski definition) is 0. The fraction of sp³-hybridized carbons (Fsp3) is 0.148. The van der Waals surface area contributed by atoms with Gasteiger partial charge in [0.25, 0.3) is 17.5 Å². The van der Waals surface area contributed by atoms with Gasteiger partial charge in [0.2, 0.25) is 0 Å². The first-order chi connectivity index (χ1) is 18.2. The lowest BCUT2D eigenvalue weighted by molar-refractivity contribution is -0.384. The van der Waals surface area contributed by atoms with Gasteiger partial charge in [-0.2, -0.15) is 5.26 Å². The maximum atomic E-state index is 13.8. The van der Waals surface area contributed by atoms with Crippen molar-refractivity contribution in [2.75, 3.05) is 11.5 Å². The zero-order chi connectivity index (χ0) is 27.0. The van der Waals surface area contributed by atoms with Crippen molar-refractivity contribution in [1.82, 2.24) is 4.90 Å². The molecule has 0 saturated carbocycles. The first-order valence-corrected chi connectivity index (χ1v) is 13.4. The van der Waals surface area contributed by atoms with E-state index in [1.165, 1.54) is 36.4 Å². The molecule has 0 unspecified atom stereocenters. The summed E-state index contributed by atoms with van der Waals surface area (Å²) in [4.78, 5) is 38.9. The van der Waals surface area contributed by atoms with Crippen molar-refractivity contribution in [3.05, 3.63) is 99.3 Å². The van der Waals surface area contributed by atoms with E-state index in [-0.39, 0.29) is 57.4 Å². The summed E-state index contributed by atoms with van der Waals surface area (Å²) in [6.07, 6.45) is 1.44. The fourth-order valence-electron chi connectivity index (χ4n) is 4.70. The highest BCUT2D eigenvalue weighted by Gasteiger charge is 2.45. The van der Waals surface area contributed by atoms with E-state index in [0.29, 0.717) is 5.56 Å². The second kappa shape index (κ2) is 9.57. The molecule has 11 heteroatoms. The summed E-state index contributed by atoms with van der Waals surface area (Å²) in [5.41, 5.74) is 0.300. The van der Waals surface area contributed by atoms with E-state index >= 15 is 0 Å². The number of nitrogens with zero attached hydrogens (tertiary/aromatic N) is 3. The van der Waals surface area contributed by atoms with Gasteiger partial charge in [-0.1, -0.05) is 42.5 Å². The van der Waals surface area contributed by atoms with Gasteiger partial charge in [0.1, 0.15) is 23.2 Å². The van der Waals surface area contributed by atoms with Crippen molar-refractivity contribution in [3.8, 4) is 17.4 Å². The molecule has 1 fully saturated rings. The molecule has 1 aromatic heterocycles. The average Bonchev–Trinajstić information content (AvgIpc) is 3.52. The zero-order valence-electron chi connectivity index (χ0n) is 19.7. The summed E-state index contributed by atoms with van der Waals surface area (Å²) in [6, 6.07) is 18.5. The van der Waals surface area contributed by atoms with Crippen molar-refractivity contribution in [3.63, 3.8) is 0 Å². The Balaban J connectivity index is 1.66. The van der Waals surface area contributed by atoms with Gasteiger partial charge in [-0.3, -0.25) is 24.6 Å². The second-order valence-electron chi connectivity index (χ2n) is 8.80. The number of amides is 2. The molecule has 2 amide bonds. The summed E-state index contributed by atoms with van der Waals surface area (Å²) in [5.74, 6) is -1.80. The van der Waals surface area contributed by atoms with Crippen LogP contribution in [0.15, 0.2) is 82.3 Å². The molecular formula is C27H19N3O7S. The van der Waals surface area contributed by atoms with Gasteiger partial charge in [0, 0.05) is 11.6 Å². The minimum atomic E-state index is -3.43. The van der Waals surface area contributed by atoms with Crippen LogP contribution < -0.4 is 0 Å². The summed E-state index contributed by atoms with van der Waals surface area (Å²) < 4.78 is 30.1. The summed E-state index contributed by atoms with van der Waals surface area (Å²) >= 11 is 0. The minimum absolute atomic E-state index is 0.0277. The zero-order valence-corrected chi connectivity index (χ0v) is 20.6. The standard InChI is InChI=1S/C27H19N3O7S/c28-15-22-25(17-6-2-1-3-7-17)21(26(31)29(27(22)32)18-12-13-38(35,36)16-18)14-19-10-11-24(37-19)20-8-4-5-9-23(20)30(33)34/h1-11,14,18H,12-13,16H2/b21-14+/t18-/m0/s1. The molecular weight excluding hydrogens is 510 g/mol. The van der Waals surface area contributed by atoms with Crippen LogP contribution in [0.3, 0.4) is 0 Å². The Labute approximate surface area is 217 Å². The van der Waals surface area contributed by atoms with Crippen LogP contribution in [0.5, 0.6) is 0 Å². The van der Waals surface area contributed by atoms with E-state index in [0.717, 1.165) is 4.90 Å². The Morgan fingerprint density at radius 1 is 1.03 bits per heavy atom. The molecule has 1 atom stereocenters. The number of rotatable bonds is 5. The Hall–Kier alpha value is -4.82. The van der Waals surface area contributed by atoms with Gasteiger partial charge in [-0.15, -0.1) is 0 Å². The number of nitro groups is 1. The van der Waals surface area contributed by atoms with E-state index in [2.05, 4.69) is 0 Å². The van der Waals surface area contributed by atoms with Gasteiger partial charge in [-0.05, 0) is 36.3 Å². The lowest BCUT2D eigenvalue weighted by Gasteiger charge is -2.32. The van der Waals surface area contributed by atoms with E-state index < -0.39 is 32.6 Å². The lowest BCUT2D eigenvalue weighted by Crippen LogP contribution is -2.49. The Kier molecular flexibility index (Phi) is 6.26. The largest absolute Gasteiger partial charge is 0.456 e. The SMILES string of the molecule is N#CC1=C(c2ccccc2)/C(=C\c2ccc(-c3ccccc3[N+](=O)[O-])o2)C(=O)N([C@H]2CCS(=O)(=O)C2)C1=O. The van der Waals surface area contributed by atoms with E-state index in [4.69, 9.17) is 4.42 Å². The molecule has 3 heterocycles. The smallest absolute Gasteiger partial charge is 0.280 e. The topological polar surface area (TPSA) is 152 Å². The van der Waals surface area contributed by atoms with Crippen LogP contribution in [0.25, 0.3) is 23.0 Å².